The topological polar surface area (TPSA) is 29.1 Å². The van der Waals surface area contributed by atoms with Crippen LogP contribution >= 0.6 is 0 Å². The number of hydrogen-bond acceptors (Lipinski definition) is 1. The van der Waals surface area contributed by atoms with Gasteiger partial charge in [0.05, 0.1) is 0 Å². The summed E-state index contributed by atoms with van der Waals surface area (Å²) in [6.07, 6.45) is 0. The summed E-state index contributed by atoms with van der Waals surface area (Å²) >= 11 is 0. The lowest BCUT2D eigenvalue weighted by atomic mass is 10.0. The van der Waals surface area contributed by atoms with Gasteiger partial charge in [0, 0.05) is 11.6 Å². The predicted molar refractivity (Wildman–Crippen MR) is 64.1 cm³/mol. The van der Waals surface area contributed by atoms with Crippen LogP contribution in [-0.4, -0.2) is 5.91 Å². The fraction of sp³-hybridized carbons (Fsp3) is 0.462. The Bertz CT molecular complexity index is 357. The lowest BCUT2D eigenvalue weighted by Gasteiger charge is -2.14. The maximum Gasteiger partial charge on any atom is 0.226 e. The Morgan fingerprint density at radius 3 is 2.00 bits per heavy atom. The van der Waals surface area contributed by atoms with Crippen molar-refractivity contribution in [1.82, 2.24) is 0 Å². The summed E-state index contributed by atoms with van der Waals surface area (Å²) in [6.45, 7) is 9.91. The largest absolute Gasteiger partial charge is 0.325 e. The van der Waals surface area contributed by atoms with Gasteiger partial charge in [0.1, 0.15) is 0 Å². The minimum Gasteiger partial charge on any atom is -0.325 e. The van der Waals surface area contributed by atoms with Gasteiger partial charge in [0.15, 0.2) is 0 Å². The first-order valence-corrected chi connectivity index (χ1v) is 5.30. The molecular weight excluding hydrogens is 186 g/mol. The molecule has 0 saturated heterocycles. The van der Waals surface area contributed by atoms with Crippen LogP contribution in [-0.2, 0) is 4.79 Å². The van der Waals surface area contributed by atoms with Gasteiger partial charge in [0.25, 0.3) is 0 Å². The molecule has 0 bridgehead atoms. The standard InChI is InChI=1S/C13H19NO/c1-8(2)13(15)14-12-10(4)6-9(3)7-11(12)5/h6-8H,1-5H3,(H,14,15). The number of nitrogens with one attached hydrogen (secondary N) is 1. The number of rotatable bonds is 2. The van der Waals surface area contributed by atoms with E-state index in [0.717, 1.165) is 16.8 Å². The van der Waals surface area contributed by atoms with E-state index in [9.17, 15) is 4.79 Å². The zero-order valence-corrected chi connectivity index (χ0v) is 10.1. The maximum atomic E-state index is 11.6. The van der Waals surface area contributed by atoms with Crippen molar-refractivity contribution in [3.63, 3.8) is 0 Å². The second-order valence-electron chi connectivity index (χ2n) is 4.42. The Balaban J connectivity index is 3.00. The van der Waals surface area contributed by atoms with Crippen molar-refractivity contribution in [3.05, 3.63) is 28.8 Å². The van der Waals surface area contributed by atoms with Gasteiger partial charge in [0.2, 0.25) is 5.91 Å². The van der Waals surface area contributed by atoms with E-state index in [0.29, 0.717) is 0 Å². The monoisotopic (exact) mass is 205 g/mol. The Morgan fingerprint density at radius 2 is 1.60 bits per heavy atom. The number of carbonyl (C=O) groups excluding carboxylic acids is 1. The lowest BCUT2D eigenvalue weighted by molar-refractivity contribution is -0.118. The predicted octanol–water partition coefficient (Wildman–Crippen LogP) is 3.21. The smallest absolute Gasteiger partial charge is 0.226 e. The summed E-state index contributed by atoms with van der Waals surface area (Å²) in [4.78, 5) is 11.6. The molecule has 82 valence electrons. The van der Waals surface area contributed by atoms with Crippen molar-refractivity contribution in [1.29, 1.82) is 0 Å². The SMILES string of the molecule is Cc1cc(C)c(NC(=O)C(C)C)c(C)c1. The van der Waals surface area contributed by atoms with E-state index in [4.69, 9.17) is 0 Å². The minimum atomic E-state index is 0.0186. The van der Waals surface area contributed by atoms with Gasteiger partial charge in [-0.15, -0.1) is 0 Å². The highest BCUT2D eigenvalue weighted by Crippen LogP contribution is 2.22. The van der Waals surface area contributed by atoms with Crippen LogP contribution in [0.25, 0.3) is 0 Å². The van der Waals surface area contributed by atoms with Crippen molar-refractivity contribution in [2.45, 2.75) is 34.6 Å². The van der Waals surface area contributed by atoms with E-state index in [1.54, 1.807) is 0 Å². The van der Waals surface area contributed by atoms with Crippen LogP contribution in [0.2, 0.25) is 0 Å². The molecule has 0 aliphatic rings. The lowest BCUT2D eigenvalue weighted by Crippen LogP contribution is -2.19. The summed E-state index contributed by atoms with van der Waals surface area (Å²) in [7, 11) is 0. The van der Waals surface area contributed by atoms with Gasteiger partial charge < -0.3 is 5.32 Å². The van der Waals surface area contributed by atoms with Crippen molar-refractivity contribution in [2.75, 3.05) is 5.32 Å². The summed E-state index contributed by atoms with van der Waals surface area (Å²) < 4.78 is 0. The second-order valence-corrected chi connectivity index (χ2v) is 4.42. The molecule has 0 aliphatic carbocycles. The maximum absolute atomic E-state index is 11.6. The van der Waals surface area contributed by atoms with Gasteiger partial charge in [-0.1, -0.05) is 31.5 Å². The molecule has 15 heavy (non-hydrogen) atoms. The highest BCUT2D eigenvalue weighted by atomic mass is 16.1. The molecule has 0 atom stereocenters. The number of hydrogen-bond donors (Lipinski definition) is 1. The Hall–Kier alpha value is -1.31. The first kappa shape index (κ1) is 11.8. The molecule has 0 unspecified atom stereocenters. The Kier molecular flexibility index (Phi) is 3.51. The minimum absolute atomic E-state index is 0.0186. The van der Waals surface area contributed by atoms with Crippen LogP contribution in [0.15, 0.2) is 12.1 Å². The summed E-state index contributed by atoms with van der Waals surface area (Å²) in [5.41, 5.74) is 4.44. The average Bonchev–Trinajstić information content (AvgIpc) is 2.10. The average molecular weight is 205 g/mol. The number of benzene rings is 1. The quantitative estimate of drug-likeness (QED) is 0.789. The molecule has 0 saturated carbocycles. The zero-order chi connectivity index (χ0) is 11.6. The molecule has 1 aromatic rings. The molecule has 0 spiro atoms. The third kappa shape index (κ3) is 2.82. The van der Waals surface area contributed by atoms with Crippen LogP contribution in [0, 0.1) is 26.7 Å². The van der Waals surface area contributed by atoms with Gasteiger partial charge >= 0.3 is 0 Å². The van der Waals surface area contributed by atoms with Gasteiger partial charge in [-0.3, -0.25) is 4.79 Å². The molecule has 2 nitrogen and oxygen atoms in total. The fourth-order valence-corrected chi connectivity index (χ4v) is 1.64. The van der Waals surface area contributed by atoms with Crippen molar-refractivity contribution in [3.8, 4) is 0 Å². The van der Waals surface area contributed by atoms with E-state index in [2.05, 4.69) is 24.4 Å². The molecule has 0 heterocycles. The van der Waals surface area contributed by atoms with E-state index in [1.165, 1.54) is 5.56 Å². The van der Waals surface area contributed by atoms with E-state index >= 15 is 0 Å². The summed E-state index contributed by atoms with van der Waals surface area (Å²) in [5.74, 6) is 0.0927. The zero-order valence-electron chi connectivity index (χ0n) is 10.1. The number of anilines is 1. The Morgan fingerprint density at radius 1 is 1.13 bits per heavy atom. The molecule has 2 heteroatoms. The van der Waals surface area contributed by atoms with Crippen LogP contribution in [0.3, 0.4) is 0 Å². The molecule has 1 rings (SSSR count). The van der Waals surface area contributed by atoms with Crippen LogP contribution in [0.5, 0.6) is 0 Å². The number of aryl methyl sites for hydroxylation is 3. The molecule has 1 amide bonds. The molecule has 0 fully saturated rings. The highest BCUT2D eigenvalue weighted by Gasteiger charge is 2.10. The highest BCUT2D eigenvalue weighted by molar-refractivity contribution is 5.93. The van der Waals surface area contributed by atoms with Crippen LogP contribution < -0.4 is 5.32 Å². The number of amides is 1. The number of carbonyl (C=O) groups is 1. The molecule has 1 N–H and O–H groups in total. The molecule has 0 aliphatic heterocycles. The molecule has 0 aromatic heterocycles. The van der Waals surface area contributed by atoms with Crippen LogP contribution in [0.1, 0.15) is 30.5 Å². The van der Waals surface area contributed by atoms with E-state index in [1.807, 2.05) is 27.7 Å². The first-order chi connectivity index (χ1) is 6.91. The van der Waals surface area contributed by atoms with Gasteiger partial charge in [-0.2, -0.15) is 0 Å². The third-order valence-electron chi connectivity index (χ3n) is 2.45. The van der Waals surface area contributed by atoms with Gasteiger partial charge in [-0.05, 0) is 31.9 Å². The second kappa shape index (κ2) is 4.47. The normalized spacial score (nSPS) is 10.5. The van der Waals surface area contributed by atoms with Crippen molar-refractivity contribution < 1.29 is 4.79 Å². The fourth-order valence-electron chi connectivity index (χ4n) is 1.64. The van der Waals surface area contributed by atoms with Gasteiger partial charge in [-0.25, -0.2) is 0 Å². The molecular formula is C13H19NO. The van der Waals surface area contributed by atoms with E-state index < -0.39 is 0 Å². The van der Waals surface area contributed by atoms with Crippen molar-refractivity contribution >= 4 is 11.6 Å². The third-order valence-corrected chi connectivity index (χ3v) is 2.45. The molecule has 1 aromatic carbocycles. The Labute approximate surface area is 91.7 Å². The van der Waals surface area contributed by atoms with Crippen molar-refractivity contribution in [2.24, 2.45) is 5.92 Å². The molecule has 0 radical (unpaired) electrons. The summed E-state index contributed by atoms with van der Waals surface area (Å²) in [6, 6.07) is 4.17. The summed E-state index contributed by atoms with van der Waals surface area (Å²) in [5, 5.41) is 2.97. The van der Waals surface area contributed by atoms with E-state index in [-0.39, 0.29) is 11.8 Å². The van der Waals surface area contributed by atoms with Crippen LogP contribution in [0.4, 0.5) is 5.69 Å². The first-order valence-electron chi connectivity index (χ1n) is 5.30.